The maximum Gasteiger partial charge on any atom is 0.212 e. The van der Waals surface area contributed by atoms with Crippen molar-refractivity contribution in [2.45, 2.75) is 44.6 Å². The molecule has 1 aliphatic carbocycles. The molecule has 14 heavy (non-hydrogen) atoms. The summed E-state index contributed by atoms with van der Waals surface area (Å²) in [6.45, 7) is 2.46. The molecule has 0 aliphatic heterocycles. The Morgan fingerprint density at radius 2 is 2.07 bits per heavy atom. The minimum atomic E-state index is -3.10. The predicted octanol–water partition coefficient (Wildman–Crippen LogP) is 0.587. The summed E-state index contributed by atoms with van der Waals surface area (Å²) in [4.78, 5) is 0. The monoisotopic (exact) mass is 220 g/mol. The van der Waals surface area contributed by atoms with Crippen molar-refractivity contribution in [1.29, 1.82) is 0 Å². The molecular formula is C9H20N2O2S. The number of hydrogen-bond acceptors (Lipinski definition) is 3. The Morgan fingerprint density at radius 1 is 1.43 bits per heavy atom. The largest absolute Gasteiger partial charge is 0.330 e. The molecule has 0 heterocycles. The van der Waals surface area contributed by atoms with Crippen molar-refractivity contribution in [3.8, 4) is 0 Å². The van der Waals surface area contributed by atoms with Gasteiger partial charge in [0.25, 0.3) is 0 Å². The van der Waals surface area contributed by atoms with Crippen molar-refractivity contribution >= 4 is 10.0 Å². The van der Waals surface area contributed by atoms with E-state index in [9.17, 15) is 8.42 Å². The molecule has 0 aromatic carbocycles. The van der Waals surface area contributed by atoms with Gasteiger partial charge in [0.2, 0.25) is 10.0 Å². The molecule has 3 N–H and O–H groups in total. The van der Waals surface area contributed by atoms with Crippen molar-refractivity contribution in [1.82, 2.24) is 4.72 Å². The first-order valence-electron chi connectivity index (χ1n) is 5.25. The Hall–Kier alpha value is -0.130. The average Bonchev–Trinajstić information content (AvgIpc) is 2.08. The van der Waals surface area contributed by atoms with E-state index < -0.39 is 10.0 Å². The van der Waals surface area contributed by atoms with Gasteiger partial charge < -0.3 is 5.73 Å². The summed E-state index contributed by atoms with van der Waals surface area (Å²) in [7, 11) is -3.10. The summed E-state index contributed by atoms with van der Waals surface area (Å²) in [5.41, 5.74) is 5.15. The quantitative estimate of drug-likeness (QED) is 0.688. The fourth-order valence-corrected chi connectivity index (χ4v) is 3.44. The molecule has 1 rings (SSSR count). The third-order valence-electron chi connectivity index (χ3n) is 2.98. The van der Waals surface area contributed by atoms with Gasteiger partial charge in [0, 0.05) is 5.54 Å². The van der Waals surface area contributed by atoms with Crippen LogP contribution in [-0.2, 0) is 10.0 Å². The summed E-state index contributed by atoms with van der Waals surface area (Å²) in [6, 6.07) is 0. The second kappa shape index (κ2) is 4.59. The highest BCUT2D eigenvalue weighted by Crippen LogP contribution is 2.35. The summed E-state index contributed by atoms with van der Waals surface area (Å²) >= 11 is 0. The molecule has 0 aromatic heterocycles. The van der Waals surface area contributed by atoms with Crippen molar-refractivity contribution < 1.29 is 8.42 Å². The van der Waals surface area contributed by atoms with Crippen LogP contribution in [0.1, 0.15) is 39.0 Å². The number of nitrogens with two attached hydrogens (primary N) is 1. The predicted molar refractivity (Wildman–Crippen MR) is 57.5 cm³/mol. The standard InChI is InChI=1S/C9H20N2O2S/c1-2-9(5-3-6-9)11-14(12,13)8-4-7-10/h11H,2-8,10H2,1H3. The molecule has 0 aromatic rings. The average molecular weight is 220 g/mol. The van der Waals surface area contributed by atoms with Crippen LogP contribution in [0.25, 0.3) is 0 Å². The minimum absolute atomic E-state index is 0.132. The van der Waals surface area contributed by atoms with E-state index in [4.69, 9.17) is 5.73 Å². The number of rotatable bonds is 6. The molecular weight excluding hydrogens is 200 g/mol. The van der Waals surface area contributed by atoms with Crippen LogP contribution in [0.2, 0.25) is 0 Å². The highest BCUT2D eigenvalue weighted by atomic mass is 32.2. The second-order valence-electron chi connectivity index (χ2n) is 4.05. The lowest BCUT2D eigenvalue weighted by atomic mass is 9.76. The first-order valence-corrected chi connectivity index (χ1v) is 6.90. The van der Waals surface area contributed by atoms with E-state index in [1.807, 2.05) is 6.92 Å². The molecule has 1 saturated carbocycles. The van der Waals surface area contributed by atoms with Crippen LogP contribution in [0.5, 0.6) is 0 Å². The summed E-state index contributed by atoms with van der Waals surface area (Å²) in [5, 5.41) is 0. The van der Waals surface area contributed by atoms with Crippen LogP contribution in [0, 0.1) is 0 Å². The van der Waals surface area contributed by atoms with Crippen LogP contribution in [-0.4, -0.2) is 26.3 Å². The SMILES string of the molecule is CCC1(NS(=O)(=O)CCCN)CCC1. The zero-order valence-electron chi connectivity index (χ0n) is 8.75. The third-order valence-corrected chi connectivity index (χ3v) is 4.55. The Bertz CT molecular complexity index is 265. The van der Waals surface area contributed by atoms with E-state index in [2.05, 4.69) is 4.72 Å². The van der Waals surface area contributed by atoms with E-state index in [0.29, 0.717) is 13.0 Å². The van der Waals surface area contributed by atoms with Crippen molar-refractivity contribution in [3.63, 3.8) is 0 Å². The van der Waals surface area contributed by atoms with Gasteiger partial charge in [-0.3, -0.25) is 0 Å². The lowest BCUT2D eigenvalue weighted by Gasteiger charge is -2.41. The van der Waals surface area contributed by atoms with Gasteiger partial charge >= 0.3 is 0 Å². The molecule has 0 bridgehead atoms. The maximum absolute atomic E-state index is 11.6. The molecule has 0 unspecified atom stereocenters. The van der Waals surface area contributed by atoms with Crippen LogP contribution >= 0.6 is 0 Å². The number of sulfonamides is 1. The van der Waals surface area contributed by atoms with E-state index in [-0.39, 0.29) is 11.3 Å². The summed E-state index contributed by atoms with van der Waals surface area (Å²) in [5.74, 6) is 0.158. The van der Waals surface area contributed by atoms with Crippen LogP contribution < -0.4 is 10.5 Å². The molecule has 1 fully saturated rings. The Kier molecular flexibility index (Phi) is 3.92. The van der Waals surface area contributed by atoms with Crippen LogP contribution in [0.4, 0.5) is 0 Å². The summed E-state index contributed by atoms with van der Waals surface area (Å²) < 4.78 is 26.0. The van der Waals surface area contributed by atoms with Gasteiger partial charge in [-0.25, -0.2) is 13.1 Å². The molecule has 0 radical (unpaired) electrons. The van der Waals surface area contributed by atoms with Gasteiger partial charge in [0.15, 0.2) is 0 Å². The molecule has 0 amide bonds. The molecule has 0 spiro atoms. The lowest BCUT2D eigenvalue weighted by molar-refractivity contribution is 0.214. The van der Waals surface area contributed by atoms with E-state index in [0.717, 1.165) is 25.7 Å². The van der Waals surface area contributed by atoms with E-state index >= 15 is 0 Å². The van der Waals surface area contributed by atoms with Gasteiger partial charge in [-0.2, -0.15) is 0 Å². The fraction of sp³-hybridized carbons (Fsp3) is 1.00. The summed E-state index contributed by atoms with van der Waals surface area (Å²) in [6.07, 6.45) is 4.51. The van der Waals surface area contributed by atoms with Crippen molar-refractivity contribution in [2.24, 2.45) is 5.73 Å². The molecule has 1 aliphatic rings. The molecule has 5 heteroatoms. The van der Waals surface area contributed by atoms with Crippen molar-refractivity contribution in [2.75, 3.05) is 12.3 Å². The third kappa shape index (κ3) is 2.93. The second-order valence-corrected chi connectivity index (χ2v) is 5.89. The molecule has 84 valence electrons. The van der Waals surface area contributed by atoms with Gasteiger partial charge in [-0.15, -0.1) is 0 Å². The Labute approximate surface area is 86.3 Å². The van der Waals surface area contributed by atoms with Gasteiger partial charge in [-0.1, -0.05) is 6.92 Å². The maximum atomic E-state index is 11.6. The van der Waals surface area contributed by atoms with E-state index in [1.165, 1.54) is 0 Å². The highest BCUT2D eigenvalue weighted by molar-refractivity contribution is 7.89. The first kappa shape index (κ1) is 11.9. The van der Waals surface area contributed by atoms with Gasteiger partial charge in [0.1, 0.15) is 0 Å². The zero-order valence-corrected chi connectivity index (χ0v) is 9.57. The van der Waals surface area contributed by atoms with E-state index in [1.54, 1.807) is 0 Å². The van der Waals surface area contributed by atoms with Crippen LogP contribution in [0.3, 0.4) is 0 Å². The smallest absolute Gasteiger partial charge is 0.212 e. The van der Waals surface area contributed by atoms with Crippen LogP contribution in [0.15, 0.2) is 0 Å². The lowest BCUT2D eigenvalue weighted by Crippen LogP contribution is -2.53. The van der Waals surface area contributed by atoms with Gasteiger partial charge in [-0.05, 0) is 38.6 Å². The zero-order chi connectivity index (χ0) is 10.7. The molecule has 0 saturated heterocycles. The number of hydrogen-bond donors (Lipinski definition) is 2. The van der Waals surface area contributed by atoms with Gasteiger partial charge in [0.05, 0.1) is 5.75 Å². The molecule has 0 atom stereocenters. The van der Waals surface area contributed by atoms with Crippen molar-refractivity contribution in [3.05, 3.63) is 0 Å². The first-order chi connectivity index (χ1) is 6.54. The topological polar surface area (TPSA) is 72.2 Å². The highest BCUT2D eigenvalue weighted by Gasteiger charge is 2.38. The minimum Gasteiger partial charge on any atom is -0.330 e. The Balaban J connectivity index is 2.49. The number of nitrogens with one attached hydrogen (secondary N) is 1. The Morgan fingerprint density at radius 3 is 2.43 bits per heavy atom. The molecule has 4 nitrogen and oxygen atoms in total. The fourth-order valence-electron chi connectivity index (χ4n) is 1.79. The normalized spacial score (nSPS) is 20.4.